The van der Waals surface area contributed by atoms with E-state index in [0.29, 0.717) is 5.02 Å². The van der Waals surface area contributed by atoms with Gasteiger partial charge in [0, 0.05) is 16.6 Å². The second-order valence-corrected chi connectivity index (χ2v) is 4.95. The van der Waals surface area contributed by atoms with E-state index in [9.17, 15) is 0 Å². The fourth-order valence-electron chi connectivity index (χ4n) is 2.11. The molecule has 0 aromatic heterocycles. The van der Waals surface area contributed by atoms with Gasteiger partial charge in [-0.2, -0.15) is 0 Å². The van der Waals surface area contributed by atoms with Crippen molar-refractivity contribution in [2.75, 3.05) is 7.11 Å². The van der Waals surface area contributed by atoms with Crippen LogP contribution in [-0.4, -0.2) is 7.11 Å². The molecule has 1 unspecified atom stereocenters. The van der Waals surface area contributed by atoms with Crippen molar-refractivity contribution in [2.24, 2.45) is 5.73 Å². The summed E-state index contributed by atoms with van der Waals surface area (Å²) in [5, 5.41) is 0.663. The fraction of sp³-hybridized carbons (Fsp3) is 0.250. The van der Waals surface area contributed by atoms with E-state index in [0.717, 1.165) is 24.2 Å². The Bertz CT molecular complexity index is 528. The number of methoxy groups -OCH3 is 1. The normalized spacial score (nSPS) is 12.2. The van der Waals surface area contributed by atoms with Crippen LogP contribution in [0.5, 0.6) is 5.75 Å². The summed E-state index contributed by atoms with van der Waals surface area (Å²) in [5.74, 6) is 0.757. The second-order valence-electron chi connectivity index (χ2n) is 4.52. The lowest BCUT2D eigenvalue weighted by Gasteiger charge is -2.16. The molecule has 2 aromatic rings. The van der Waals surface area contributed by atoms with Gasteiger partial charge in [-0.1, -0.05) is 48.0 Å². The third-order valence-electron chi connectivity index (χ3n) is 3.18. The average molecular weight is 276 g/mol. The zero-order chi connectivity index (χ0) is 13.7. The summed E-state index contributed by atoms with van der Waals surface area (Å²) in [4.78, 5) is 0. The predicted octanol–water partition coefficient (Wildman–Crippen LogP) is 3.98. The maximum atomic E-state index is 6.25. The van der Waals surface area contributed by atoms with Crippen LogP contribution in [0, 0.1) is 0 Å². The molecule has 0 bridgehead atoms. The highest BCUT2D eigenvalue weighted by Crippen LogP contribution is 2.29. The number of halogens is 1. The van der Waals surface area contributed by atoms with Crippen LogP contribution >= 0.6 is 11.6 Å². The standard InChI is InChI=1S/C16H18ClNO/c1-19-16-11-13(17)8-9-14(16)15(18)10-7-12-5-3-2-4-6-12/h2-6,8-9,11,15H,7,10,18H2,1H3. The minimum atomic E-state index is -0.0487. The first-order chi connectivity index (χ1) is 9.20. The summed E-state index contributed by atoms with van der Waals surface area (Å²) >= 11 is 5.95. The topological polar surface area (TPSA) is 35.2 Å². The molecule has 0 amide bonds. The first kappa shape index (κ1) is 13.9. The van der Waals surface area contributed by atoms with Gasteiger partial charge in [-0.25, -0.2) is 0 Å². The third-order valence-corrected chi connectivity index (χ3v) is 3.42. The van der Waals surface area contributed by atoms with Crippen LogP contribution in [0.2, 0.25) is 5.02 Å². The highest BCUT2D eigenvalue weighted by atomic mass is 35.5. The number of hydrogen-bond acceptors (Lipinski definition) is 2. The Morgan fingerprint density at radius 2 is 1.89 bits per heavy atom. The summed E-state index contributed by atoms with van der Waals surface area (Å²) in [6.07, 6.45) is 1.83. The van der Waals surface area contributed by atoms with Crippen LogP contribution < -0.4 is 10.5 Å². The van der Waals surface area contributed by atoms with Crippen molar-refractivity contribution < 1.29 is 4.74 Å². The Morgan fingerprint density at radius 1 is 1.16 bits per heavy atom. The summed E-state index contributed by atoms with van der Waals surface area (Å²) in [6, 6.07) is 15.9. The van der Waals surface area contributed by atoms with Crippen LogP contribution in [0.15, 0.2) is 48.5 Å². The molecule has 19 heavy (non-hydrogen) atoms. The largest absolute Gasteiger partial charge is 0.496 e. The highest BCUT2D eigenvalue weighted by Gasteiger charge is 2.12. The van der Waals surface area contributed by atoms with Crippen LogP contribution in [0.4, 0.5) is 0 Å². The van der Waals surface area contributed by atoms with Gasteiger partial charge in [0.05, 0.1) is 7.11 Å². The predicted molar refractivity (Wildman–Crippen MR) is 79.7 cm³/mol. The molecule has 2 aromatic carbocycles. The molecular weight excluding hydrogens is 258 g/mol. The minimum absolute atomic E-state index is 0.0487. The zero-order valence-electron chi connectivity index (χ0n) is 11.0. The Hall–Kier alpha value is -1.51. The molecule has 0 aliphatic rings. The van der Waals surface area contributed by atoms with E-state index in [1.165, 1.54) is 5.56 Å². The van der Waals surface area contributed by atoms with Gasteiger partial charge in [-0.15, -0.1) is 0 Å². The van der Waals surface area contributed by atoms with E-state index in [4.69, 9.17) is 22.1 Å². The van der Waals surface area contributed by atoms with Gasteiger partial charge >= 0.3 is 0 Å². The second kappa shape index (κ2) is 6.60. The number of benzene rings is 2. The Morgan fingerprint density at radius 3 is 2.58 bits per heavy atom. The zero-order valence-corrected chi connectivity index (χ0v) is 11.7. The average Bonchev–Trinajstić information content (AvgIpc) is 2.45. The van der Waals surface area contributed by atoms with E-state index in [1.807, 2.05) is 30.3 Å². The molecule has 2 nitrogen and oxygen atoms in total. The molecule has 3 heteroatoms. The monoisotopic (exact) mass is 275 g/mol. The van der Waals surface area contributed by atoms with Crippen LogP contribution in [-0.2, 0) is 6.42 Å². The lowest BCUT2D eigenvalue weighted by molar-refractivity contribution is 0.404. The molecule has 0 aliphatic heterocycles. The molecule has 0 radical (unpaired) electrons. The number of nitrogens with two attached hydrogens (primary N) is 1. The van der Waals surface area contributed by atoms with E-state index in [1.54, 1.807) is 13.2 Å². The smallest absolute Gasteiger partial charge is 0.125 e. The summed E-state index contributed by atoms with van der Waals surface area (Å²) in [5.41, 5.74) is 8.55. The van der Waals surface area contributed by atoms with E-state index in [2.05, 4.69) is 12.1 Å². The number of rotatable bonds is 5. The number of aryl methyl sites for hydroxylation is 1. The minimum Gasteiger partial charge on any atom is -0.496 e. The van der Waals surface area contributed by atoms with Gasteiger partial charge in [0.1, 0.15) is 5.75 Å². The molecule has 0 saturated carbocycles. The Balaban J connectivity index is 2.05. The van der Waals surface area contributed by atoms with Crippen LogP contribution in [0.3, 0.4) is 0 Å². The summed E-state index contributed by atoms with van der Waals surface area (Å²) in [6.45, 7) is 0. The maximum absolute atomic E-state index is 6.25. The molecule has 2 rings (SSSR count). The lowest BCUT2D eigenvalue weighted by atomic mass is 9.99. The molecule has 1 atom stereocenters. The van der Waals surface area contributed by atoms with E-state index < -0.39 is 0 Å². The summed E-state index contributed by atoms with van der Waals surface area (Å²) < 4.78 is 5.33. The Kier molecular flexibility index (Phi) is 4.83. The molecule has 0 spiro atoms. The van der Waals surface area contributed by atoms with Crippen LogP contribution in [0.1, 0.15) is 23.6 Å². The van der Waals surface area contributed by atoms with E-state index in [-0.39, 0.29) is 6.04 Å². The third kappa shape index (κ3) is 3.72. The van der Waals surface area contributed by atoms with E-state index >= 15 is 0 Å². The van der Waals surface area contributed by atoms with Crippen molar-refractivity contribution in [1.29, 1.82) is 0 Å². The first-order valence-corrected chi connectivity index (χ1v) is 6.71. The van der Waals surface area contributed by atoms with Gasteiger partial charge in [-0.05, 0) is 30.5 Å². The van der Waals surface area contributed by atoms with Gasteiger partial charge in [0.15, 0.2) is 0 Å². The van der Waals surface area contributed by atoms with Gasteiger partial charge in [-0.3, -0.25) is 0 Å². The first-order valence-electron chi connectivity index (χ1n) is 6.33. The highest BCUT2D eigenvalue weighted by molar-refractivity contribution is 6.30. The molecule has 0 aliphatic carbocycles. The van der Waals surface area contributed by atoms with Crippen molar-refractivity contribution in [3.05, 3.63) is 64.7 Å². The van der Waals surface area contributed by atoms with Crippen LogP contribution in [0.25, 0.3) is 0 Å². The van der Waals surface area contributed by atoms with Crippen molar-refractivity contribution in [3.63, 3.8) is 0 Å². The van der Waals surface area contributed by atoms with Crippen molar-refractivity contribution in [2.45, 2.75) is 18.9 Å². The quantitative estimate of drug-likeness (QED) is 0.896. The fourth-order valence-corrected chi connectivity index (χ4v) is 2.28. The Labute approximate surface area is 119 Å². The van der Waals surface area contributed by atoms with Crippen molar-refractivity contribution in [3.8, 4) is 5.75 Å². The van der Waals surface area contributed by atoms with Gasteiger partial charge in [0.25, 0.3) is 0 Å². The molecule has 0 saturated heterocycles. The van der Waals surface area contributed by atoms with Gasteiger partial charge < -0.3 is 10.5 Å². The maximum Gasteiger partial charge on any atom is 0.125 e. The lowest BCUT2D eigenvalue weighted by Crippen LogP contribution is -2.12. The van der Waals surface area contributed by atoms with Crippen molar-refractivity contribution in [1.82, 2.24) is 0 Å². The number of hydrogen-bond donors (Lipinski definition) is 1. The van der Waals surface area contributed by atoms with Crippen molar-refractivity contribution >= 4 is 11.6 Å². The molecule has 0 fully saturated rings. The SMILES string of the molecule is COc1cc(Cl)ccc1C(N)CCc1ccccc1. The van der Waals surface area contributed by atoms with Gasteiger partial charge in [0.2, 0.25) is 0 Å². The number of ether oxygens (including phenoxy) is 1. The molecule has 0 heterocycles. The molecule has 2 N–H and O–H groups in total. The molecule has 100 valence electrons. The summed E-state index contributed by atoms with van der Waals surface area (Å²) in [7, 11) is 1.64. The molecular formula is C16H18ClNO.